The van der Waals surface area contributed by atoms with Crippen molar-refractivity contribution in [2.45, 2.75) is 4.90 Å². The Morgan fingerprint density at radius 1 is 1.39 bits per heavy atom. The molecule has 1 heterocycles. The van der Waals surface area contributed by atoms with E-state index in [1.807, 2.05) is 0 Å². The number of benzene rings is 1. The number of methoxy groups -OCH3 is 1. The standard InChI is InChI=1S/C10H9NO6S/c1-17-5-2-3-7-6(4-5)9(12)8(10(13)14)11-18(7,15)16/h2-4,11-12H,1H3,(H,13,14). The number of sulfonamides is 1. The molecule has 8 heteroatoms. The van der Waals surface area contributed by atoms with Crippen LogP contribution in [0.4, 0.5) is 0 Å². The molecular weight excluding hydrogens is 262 g/mol. The van der Waals surface area contributed by atoms with Crippen molar-refractivity contribution < 1.29 is 28.2 Å². The Morgan fingerprint density at radius 3 is 2.61 bits per heavy atom. The number of hydrogen-bond donors (Lipinski definition) is 3. The number of carboxylic acid groups (broad SMARTS) is 1. The number of aliphatic carboxylic acids is 1. The molecule has 96 valence electrons. The molecule has 0 amide bonds. The van der Waals surface area contributed by atoms with Crippen LogP contribution in [-0.4, -0.2) is 31.7 Å². The van der Waals surface area contributed by atoms with E-state index in [-0.39, 0.29) is 10.5 Å². The second kappa shape index (κ2) is 3.91. The minimum atomic E-state index is -4.00. The van der Waals surface area contributed by atoms with Gasteiger partial charge in [-0.15, -0.1) is 0 Å². The minimum absolute atomic E-state index is 0.106. The summed E-state index contributed by atoms with van der Waals surface area (Å²) < 4.78 is 30.2. The first-order chi connectivity index (χ1) is 8.36. The first-order valence-corrected chi connectivity index (χ1v) is 6.23. The first-order valence-electron chi connectivity index (χ1n) is 4.74. The average Bonchev–Trinajstić information content (AvgIpc) is 2.33. The molecule has 0 saturated heterocycles. The van der Waals surface area contributed by atoms with Gasteiger partial charge in [-0.05, 0) is 18.2 Å². The fourth-order valence-electron chi connectivity index (χ4n) is 1.57. The molecule has 0 bridgehead atoms. The number of rotatable bonds is 2. The highest BCUT2D eigenvalue weighted by Gasteiger charge is 2.32. The van der Waals surface area contributed by atoms with Gasteiger partial charge in [-0.25, -0.2) is 13.2 Å². The lowest BCUT2D eigenvalue weighted by molar-refractivity contribution is -0.132. The molecule has 0 spiro atoms. The van der Waals surface area contributed by atoms with Gasteiger partial charge in [-0.2, -0.15) is 0 Å². The van der Waals surface area contributed by atoms with Crippen molar-refractivity contribution in [3.05, 3.63) is 29.5 Å². The van der Waals surface area contributed by atoms with Crippen LogP contribution in [0.15, 0.2) is 28.8 Å². The summed E-state index contributed by atoms with van der Waals surface area (Å²) in [4.78, 5) is 10.6. The molecule has 0 aliphatic carbocycles. The highest BCUT2D eigenvalue weighted by atomic mass is 32.2. The van der Waals surface area contributed by atoms with Crippen molar-refractivity contribution in [3.8, 4) is 5.75 Å². The summed E-state index contributed by atoms with van der Waals surface area (Å²) in [6.07, 6.45) is 0. The third-order valence-corrected chi connectivity index (χ3v) is 3.83. The van der Waals surface area contributed by atoms with E-state index in [1.165, 1.54) is 25.3 Å². The maximum atomic E-state index is 11.8. The number of hydrogen-bond acceptors (Lipinski definition) is 5. The quantitative estimate of drug-likeness (QED) is 0.713. The topological polar surface area (TPSA) is 113 Å². The second-order valence-corrected chi connectivity index (χ2v) is 5.15. The van der Waals surface area contributed by atoms with Gasteiger partial charge in [0.05, 0.1) is 12.0 Å². The van der Waals surface area contributed by atoms with Gasteiger partial charge in [-0.1, -0.05) is 0 Å². The van der Waals surface area contributed by atoms with Crippen LogP contribution in [0.3, 0.4) is 0 Å². The maximum Gasteiger partial charge on any atom is 0.356 e. The Labute approximate surface area is 102 Å². The molecule has 1 aromatic carbocycles. The third kappa shape index (κ3) is 1.76. The molecule has 0 radical (unpaired) electrons. The van der Waals surface area contributed by atoms with E-state index in [2.05, 4.69) is 0 Å². The summed E-state index contributed by atoms with van der Waals surface area (Å²) >= 11 is 0. The number of fused-ring (bicyclic) bond motifs is 1. The van der Waals surface area contributed by atoms with E-state index in [4.69, 9.17) is 9.84 Å². The molecule has 1 aliphatic rings. The Morgan fingerprint density at radius 2 is 2.06 bits per heavy atom. The molecule has 7 nitrogen and oxygen atoms in total. The van der Waals surface area contributed by atoms with Gasteiger partial charge < -0.3 is 14.9 Å². The van der Waals surface area contributed by atoms with Crippen LogP contribution in [0.5, 0.6) is 5.75 Å². The van der Waals surface area contributed by atoms with Crippen LogP contribution in [0, 0.1) is 0 Å². The van der Waals surface area contributed by atoms with E-state index in [0.717, 1.165) is 0 Å². The summed E-state index contributed by atoms with van der Waals surface area (Å²) in [5.41, 5.74) is -0.888. The van der Waals surface area contributed by atoms with Gasteiger partial charge in [0.15, 0.2) is 11.5 Å². The number of aliphatic hydroxyl groups excluding tert-OH is 1. The average molecular weight is 271 g/mol. The summed E-state index contributed by atoms with van der Waals surface area (Å²) in [7, 11) is -2.63. The van der Waals surface area contributed by atoms with Gasteiger partial charge in [-0.3, -0.25) is 4.72 Å². The smallest absolute Gasteiger partial charge is 0.356 e. The van der Waals surface area contributed by atoms with Gasteiger partial charge in [0.2, 0.25) is 0 Å². The molecule has 0 aromatic heterocycles. The SMILES string of the molecule is COc1ccc2c(c1)C(O)=C(C(=O)O)NS2(=O)=O. The summed E-state index contributed by atoms with van der Waals surface area (Å²) in [6.45, 7) is 0. The lowest BCUT2D eigenvalue weighted by atomic mass is 10.1. The number of carboxylic acids is 1. The van der Waals surface area contributed by atoms with Crippen molar-refractivity contribution >= 4 is 21.8 Å². The molecular formula is C10H9NO6S. The fourth-order valence-corrected chi connectivity index (χ4v) is 2.83. The van der Waals surface area contributed by atoms with Gasteiger partial charge >= 0.3 is 5.97 Å². The molecule has 18 heavy (non-hydrogen) atoms. The summed E-state index contributed by atoms with van der Waals surface area (Å²) in [6, 6.07) is 3.88. The Balaban J connectivity index is 2.78. The van der Waals surface area contributed by atoms with Crippen LogP contribution in [0.25, 0.3) is 5.76 Å². The van der Waals surface area contributed by atoms with Crippen molar-refractivity contribution in [1.29, 1.82) is 0 Å². The molecule has 0 saturated carbocycles. The molecule has 1 aromatic rings. The minimum Gasteiger partial charge on any atom is -0.505 e. The highest BCUT2D eigenvalue weighted by molar-refractivity contribution is 7.89. The first kappa shape index (κ1) is 12.2. The monoisotopic (exact) mass is 271 g/mol. The lowest BCUT2D eigenvalue weighted by Gasteiger charge is -2.19. The predicted molar refractivity (Wildman–Crippen MR) is 60.5 cm³/mol. The zero-order valence-corrected chi connectivity index (χ0v) is 9.98. The Hall–Kier alpha value is -2.22. The Kier molecular flexibility index (Phi) is 2.66. The zero-order chi connectivity index (χ0) is 13.5. The summed E-state index contributed by atoms with van der Waals surface area (Å²) in [5, 5.41) is 18.6. The van der Waals surface area contributed by atoms with Crippen LogP contribution in [0.2, 0.25) is 0 Å². The maximum absolute atomic E-state index is 11.8. The van der Waals surface area contributed by atoms with E-state index < -0.39 is 27.4 Å². The highest BCUT2D eigenvalue weighted by Crippen LogP contribution is 2.31. The van der Waals surface area contributed by atoms with Crippen molar-refractivity contribution in [3.63, 3.8) is 0 Å². The molecule has 3 N–H and O–H groups in total. The normalized spacial score (nSPS) is 16.7. The second-order valence-electron chi connectivity index (χ2n) is 3.50. The van der Waals surface area contributed by atoms with Crippen LogP contribution < -0.4 is 9.46 Å². The predicted octanol–water partition coefficient (Wildman–Crippen LogP) is 0.298. The van der Waals surface area contributed by atoms with E-state index in [9.17, 15) is 18.3 Å². The summed E-state index contributed by atoms with van der Waals surface area (Å²) in [5.74, 6) is -1.90. The fraction of sp³-hybridized carbons (Fsp3) is 0.100. The number of nitrogens with one attached hydrogen (secondary N) is 1. The number of carbonyl (C=O) groups is 1. The third-order valence-electron chi connectivity index (χ3n) is 2.42. The van der Waals surface area contributed by atoms with Crippen LogP contribution in [-0.2, 0) is 14.8 Å². The van der Waals surface area contributed by atoms with Crippen LogP contribution in [0.1, 0.15) is 5.56 Å². The van der Waals surface area contributed by atoms with Gasteiger partial charge in [0.1, 0.15) is 5.75 Å². The van der Waals surface area contributed by atoms with Gasteiger partial charge in [0.25, 0.3) is 10.0 Å². The van der Waals surface area contributed by atoms with E-state index in [1.54, 1.807) is 4.72 Å². The molecule has 1 aliphatic heterocycles. The molecule has 2 rings (SSSR count). The largest absolute Gasteiger partial charge is 0.505 e. The number of ether oxygens (including phenoxy) is 1. The molecule has 0 unspecified atom stereocenters. The van der Waals surface area contributed by atoms with E-state index >= 15 is 0 Å². The van der Waals surface area contributed by atoms with Gasteiger partial charge in [0, 0.05) is 5.56 Å². The molecule has 0 atom stereocenters. The van der Waals surface area contributed by atoms with Crippen molar-refractivity contribution in [2.75, 3.05) is 7.11 Å². The van der Waals surface area contributed by atoms with Crippen molar-refractivity contribution in [1.82, 2.24) is 4.72 Å². The van der Waals surface area contributed by atoms with Crippen LogP contribution >= 0.6 is 0 Å². The Bertz CT molecular complexity index is 661. The lowest BCUT2D eigenvalue weighted by Crippen LogP contribution is -2.32. The van der Waals surface area contributed by atoms with Crippen molar-refractivity contribution in [2.24, 2.45) is 0 Å². The number of aliphatic hydroxyl groups is 1. The zero-order valence-electron chi connectivity index (χ0n) is 9.17. The van der Waals surface area contributed by atoms with E-state index in [0.29, 0.717) is 5.75 Å². The molecule has 0 fully saturated rings.